The SMILES string of the molecule is [2H]C([2H])([2H])Oc1cc2c(cc1OC([2H])([2H])[2H])[C@@H]1CC(=O)[C@@H](CC(C)(C)C)CN1CC2. The molecule has 1 aromatic carbocycles. The fraction of sp³-hybridized carbons (Fsp3) is 0.650. The van der Waals surface area contributed by atoms with Gasteiger partial charge in [0.2, 0.25) is 0 Å². The van der Waals surface area contributed by atoms with Crippen LogP contribution in [-0.4, -0.2) is 37.8 Å². The molecule has 0 N–H and O–H groups in total. The molecular weight excluding hydrogens is 302 g/mol. The molecule has 0 spiro atoms. The Bertz CT molecular complexity index is 812. The van der Waals surface area contributed by atoms with Crippen LogP contribution in [0.15, 0.2) is 12.1 Å². The Kier molecular flexibility index (Phi) is 2.97. The van der Waals surface area contributed by atoms with Crippen molar-refractivity contribution in [3.05, 3.63) is 23.3 Å². The van der Waals surface area contributed by atoms with Crippen LogP contribution in [-0.2, 0) is 11.2 Å². The predicted molar refractivity (Wildman–Crippen MR) is 94.8 cm³/mol. The number of fused-ring (bicyclic) bond motifs is 3. The molecule has 0 aromatic heterocycles. The van der Waals surface area contributed by atoms with E-state index in [0.717, 1.165) is 24.1 Å². The molecule has 0 amide bonds. The third-order valence-electron chi connectivity index (χ3n) is 5.06. The Morgan fingerprint density at radius 2 is 1.96 bits per heavy atom. The number of ketones is 1. The molecule has 1 saturated heterocycles. The first-order valence-electron chi connectivity index (χ1n) is 11.4. The summed E-state index contributed by atoms with van der Waals surface area (Å²) in [5.41, 5.74) is 1.72. The topological polar surface area (TPSA) is 38.8 Å². The number of benzene rings is 1. The van der Waals surface area contributed by atoms with E-state index in [4.69, 9.17) is 17.7 Å². The minimum Gasteiger partial charge on any atom is -0.493 e. The molecule has 3 rings (SSSR count). The third-order valence-corrected chi connectivity index (χ3v) is 5.06. The van der Waals surface area contributed by atoms with Gasteiger partial charge in [0, 0.05) is 31.5 Å². The number of carbonyl (C=O) groups excluding carboxylic acids is 1. The zero-order chi connectivity index (χ0) is 22.5. The van der Waals surface area contributed by atoms with Crippen LogP contribution in [0.2, 0.25) is 0 Å². The summed E-state index contributed by atoms with van der Waals surface area (Å²) in [7, 11) is -5.49. The number of methoxy groups -OCH3 is 2. The lowest BCUT2D eigenvalue weighted by atomic mass is 9.76. The molecule has 0 unspecified atom stereocenters. The largest absolute Gasteiger partial charge is 0.493 e. The van der Waals surface area contributed by atoms with Crippen LogP contribution >= 0.6 is 0 Å². The summed E-state index contributed by atoms with van der Waals surface area (Å²) in [6.07, 6.45) is 1.83. The van der Waals surface area contributed by atoms with Gasteiger partial charge in [-0.1, -0.05) is 20.8 Å². The van der Waals surface area contributed by atoms with Gasteiger partial charge in [-0.05, 0) is 41.5 Å². The number of hydrogen-bond acceptors (Lipinski definition) is 4. The molecule has 24 heavy (non-hydrogen) atoms. The van der Waals surface area contributed by atoms with Crippen molar-refractivity contribution in [3.63, 3.8) is 0 Å². The van der Waals surface area contributed by atoms with E-state index in [-0.39, 0.29) is 34.7 Å². The summed E-state index contributed by atoms with van der Waals surface area (Å²) in [5, 5.41) is 0. The number of piperidine rings is 1. The number of hydrogen-bond donors (Lipinski definition) is 0. The van der Waals surface area contributed by atoms with Crippen molar-refractivity contribution in [2.75, 3.05) is 27.2 Å². The second-order valence-electron chi connectivity index (χ2n) is 8.09. The zero-order valence-electron chi connectivity index (χ0n) is 20.5. The zero-order valence-corrected chi connectivity index (χ0v) is 14.5. The van der Waals surface area contributed by atoms with E-state index >= 15 is 0 Å². The molecule has 4 nitrogen and oxygen atoms in total. The Labute approximate surface area is 153 Å². The van der Waals surface area contributed by atoms with E-state index in [2.05, 4.69) is 25.7 Å². The Balaban J connectivity index is 1.94. The summed E-state index contributed by atoms with van der Waals surface area (Å²) >= 11 is 0. The first kappa shape index (κ1) is 11.1. The van der Waals surface area contributed by atoms with Gasteiger partial charge in [0.05, 0.1) is 22.3 Å². The van der Waals surface area contributed by atoms with Gasteiger partial charge in [-0.25, -0.2) is 0 Å². The van der Waals surface area contributed by atoms with Crippen molar-refractivity contribution in [3.8, 4) is 11.5 Å². The second-order valence-corrected chi connectivity index (χ2v) is 8.09. The lowest BCUT2D eigenvalue weighted by molar-refractivity contribution is -0.130. The monoisotopic (exact) mass is 337 g/mol. The van der Waals surface area contributed by atoms with Crippen LogP contribution in [0, 0.1) is 11.3 Å². The number of nitrogens with zero attached hydrogens (tertiary/aromatic N) is 1. The second kappa shape index (κ2) is 6.40. The van der Waals surface area contributed by atoms with Gasteiger partial charge in [0.15, 0.2) is 11.5 Å². The molecule has 2 atom stereocenters. The van der Waals surface area contributed by atoms with Crippen molar-refractivity contribution in [1.29, 1.82) is 0 Å². The van der Waals surface area contributed by atoms with Crippen LogP contribution in [0.25, 0.3) is 0 Å². The van der Waals surface area contributed by atoms with Gasteiger partial charge in [-0.3, -0.25) is 9.69 Å². The number of ether oxygens (including phenoxy) is 2. The summed E-state index contributed by atoms with van der Waals surface area (Å²) in [4.78, 5) is 15.1. The molecule has 0 saturated carbocycles. The summed E-state index contributed by atoms with van der Waals surface area (Å²) in [6, 6.07) is 2.92. The average molecular weight is 337 g/mol. The highest BCUT2D eigenvalue weighted by atomic mass is 16.5. The van der Waals surface area contributed by atoms with Gasteiger partial charge < -0.3 is 9.47 Å². The van der Waals surface area contributed by atoms with E-state index in [1.54, 1.807) is 6.07 Å². The highest BCUT2D eigenvalue weighted by Gasteiger charge is 2.39. The Morgan fingerprint density at radius 1 is 1.25 bits per heavy atom. The van der Waals surface area contributed by atoms with Crippen molar-refractivity contribution >= 4 is 5.78 Å². The van der Waals surface area contributed by atoms with Crippen LogP contribution in [0.5, 0.6) is 11.5 Å². The van der Waals surface area contributed by atoms with Crippen molar-refractivity contribution in [2.24, 2.45) is 11.3 Å². The maximum atomic E-state index is 12.9. The molecule has 0 aliphatic carbocycles. The third kappa shape index (κ3) is 3.30. The van der Waals surface area contributed by atoms with Gasteiger partial charge >= 0.3 is 0 Å². The van der Waals surface area contributed by atoms with Crippen LogP contribution in [0.3, 0.4) is 0 Å². The Morgan fingerprint density at radius 3 is 2.62 bits per heavy atom. The molecular formula is C20H29NO3. The van der Waals surface area contributed by atoms with Crippen molar-refractivity contribution in [2.45, 2.75) is 46.1 Å². The van der Waals surface area contributed by atoms with Crippen LogP contribution in [0.1, 0.15) is 59.0 Å². The maximum absolute atomic E-state index is 12.9. The maximum Gasteiger partial charge on any atom is 0.161 e. The smallest absolute Gasteiger partial charge is 0.161 e. The van der Waals surface area contributed by atoms with E-state index in [1.165, 1.54) is 6.07 Å². The molecule has 132 valence electrons. The van der Waals surface area contributed by atoms with Gasteiger partial charge in [0.1, 0.15) is 5.78 Å². The lowest BCUT2D eigenvalue weighted by Crippen LogP contribution is -2.47. The van der Waals surface area contributed by atoms with E-state index in [0.29, 0.717) is 19.4 Å². The first-order valence-corrected chi connectivity index (χ1v) is 8.43. The van der Waals surface area contributed by atoms with E-state index in [1.807, 2.05) is 0 Å². The van der Waals surface area contributed by atoms with Gasteiger partial charge in [-0.15, -0.1) is 0 Å². The molecule has 2 aliphatic rings. The summed E-state index contributed by atoms with van der Waals surface area (Å²) in [6.45, 7) is 7.80. The molecule has 2 heterocycles. The summed E-state index contributed by atoms with van der Waals surface area (Å²) < 4.78 is 54.4. The van der Waals surface area contributed by atoms with Crippen molar-refractivity contribution in [1.82, 2.24) is 4.90 Å². The van der Waals surface area contributed by atoms with Gasteiger partial charge in [0.25, 0.3) is 0 Å². The quantitative estimate of drug-likeness (QED) is 0.844. The molecule has 2 aliphatic heterocycles. The van der Waals surface area contributed by atoms with Gasteiger partial charge in [-0.2, -0.15) is 0 Å². The lowest BCUT2D eigenvalue weighted by Gasteiger charge is -2.44. The van der Waals surface area contributed by atoms with E-state index in [9.17, 15) is 4.79 Å². The molecule has 1 fully saturated rings. The standard InChI is InChI=1S/C20H29NO3/c1-20(2,3)11-14-12-21-7-6-13-8-18(23-4)19(24-5)9-15(13)16(21)10-17(14)22/h8-9,14,16H,6-7,10-12H2,1-5H3/t14-,16-/m0/s1/i4D3,5D3. The first-order chi connectivity index (χ1) is 13.6. The minimum atomic E-state index is -2.75. The van der Waals surface area contributed by atoms with Crippen molar-refractivity contribution < 1.29 is 22.5 Å². The summed E-state index contributed by atoms with van der Waals surface area (Å²) in [5.74, 6) is -0.0683. The highest BCUT2D eigenvalue weighted by molar-refractivity contribution is 5.83. The fourth-order valence-corrected chi connectivity index (χ4v) is 4.04. The van der Waals surface area contributed by atoms with E-state index < -0.39 is 14.1 Å². The normalized spacial score (nSPS) is 29.0. The molecule has 0 radical (unpaired) electrons. The van der Waals surface area contributed by atoms with Crippen LogP contribution < -0.4 is 9.47 Å². The number of carbonyl (C=O) groups is 1. The number of rotatable bonds is 3. The molecule has 1 aromatic rings. The highest BCUT2D eigenvalue weighted by Crippen LogP contribution is 2.43. The predicted octanol–water partition coefficient (Wildman–Crippen LogP) is 3.63. The Hall–Kier alpha value is -1.55. The number of Topliss-reactive ketones (excluding diaryl/α,β-unsaturated/α-hetero) is 1. The van der Waals surface area contributed by atoms with Crippen LogP contribution in [0.4, 0.5) is 0 Å². The molecule has 0 bridgehead atoms. The minimum absolute atomic E-state index is 0.0148. The molecule has 4 heteroatoms. The fourth-order valence-electron chi connectivity index (χ4n) is 4.04. The average Bonchev–Trinajstić information content (AvgIpc) is 2.52.